The molecule has 2 N–H and O–H groups in total. The zero-order valence-corrected chi connectivity index (χ0v) is 19.5. The largest absolute Gasteiger partial charge is 0.493 e. The van der Waals surface area contributed by atoms with Crippen LogP contribution in [0.2, 0.25) is 0 Å². The molecule has 0 saturated heterocycles. The van der Waals surface area contributed by atoms with Crippen LogP contribution in [-0.2, 0) is 0 Å². The number of hydrogen-bond acceptors (Lipinski definition) is 4. The zero-order valence-electron chi connectivity index (χ0n) is 19.5. The Kier molecular flexibility index (Phi) is 6.94. The topological polar surface area (TPSA) is 58.9 Å². The van der Waals surface area contributed by atoms with Gasteiger partial charge in [-0.15, -0.1) is 0 Å². The van der Waals surface area contributed by atoms with E-state index in [-0.39, 0.29) is 19.8 Å². The van der Waals surface area contributed by atoms with Gasteiger partial charge in [0.1, 0.15) is 18.1 Å². The smallest absolute Gasteiger partial charge is 0.128 e. The Hall–Kier alpha value is -3.86. The summed E-state index contributed by atoms with van der Waals surface area (Å²) in [5.41, 5.74) is 3.83. The number of hydrogen-bond donors (Lipinski definition) is 2. The maximum atomic E-state index is 9.46. The fourth-order valence-electron chi connectivity index (χ4n) is 4.37. The molecule has 0 aliphatic rings. The first-order valence-electron chi connectivity index (χ1n) is 11.9. The molecule has 0 bridgehead atoms. The van der Waals surface area contributed by atoms with Gasteiger partial charge in [-0.2, -0.15) is 0 Å². The number of aliphatic hydroxyl groups excluding tert-OH is 2. The average molecular weight is 465 g/mol. The minimum atomic E-state index is -0.0722. The molecule has 0 amide bonds. The fraction of sp³-hybridized carbons (Fsp3) is 0.161. The lowest BCUT2D eigenvalue weighted by Gasteiger charge is -2.18. The van der Waals surface area contributed by atoms with Crippen LogP contribution in [0.1, 0.15) is 6.42 Å². The van der Waals surface area contributed by atoms with E-state index < -0.39 is 0 Å². The fourth-order valence-corrected chi connectivity index (χ4v) is 4.37. The second-order valence-electron chi connectivity index (χ2n) is 8.47. The summed E-state index contributed by atoms with van der Waals surface area (Å²) in [4.78, 5) is 0. The second kappa shape index (κ2) is 10.6. The number of aliphatic hydroxyl groups is 2. The van der Waals surface area contributed by atoms with Crippen molar-refractivity contribution >= 4 is 21.5 Å². The van der Waals surface area contributed by atoms with Crippen LogP contribution >= 0.6 is 0 Å². The van der Waals surface area contributed by atoms with Gasteiger partial charge in [-0.1, -0.05) is 72.8 Å². The summed E-state index contributed by atoms with van der Waals surface area (Å²) in [7, 11) is 0. The maximum Gasteiger partial charge on any atom is 0.128 e. The average Bonchev–Trinajstić information content (AvgIpc) is 2.91. The van der Waals surface area contributed by atoms with Crippen molar-refractivity contribution in [2.45, 2.75) is 6.42 Å². The molecule has 0 spiro atoms. The molecule has 0 aromatic heterocycles. The standard InChI is InChI=1S/C31H28O4/c32-14-5-16-34-30-20-29(27-13-11-23-7-2-4-9-25(23)19-27)31(35-17-15-33)21-28(30)26-12-10-22-6-1-3-8-24(22)18-26/h1-4,6-13,18-21,32-33H,5,14-17H2. The monoisotopic (exact) mass is 464 g/mol. The van der Waals surface area contributed by atoms with Crippen LogP contribution in [0.4, 0.5) is 0 Å². The van der Waals surface area contributed by atoms with Crippen LogP contribution in [0, 0.1) is 0 Å². The van der Waals surface area contributed by atoms with E-state index >= 15 is 0 Å². The van der Waals surface area contributed by atoms with Crippen molar-refractivity contribution in [1.29, 1.82) is 0 Å². The van der Waals surface area contributed by atoms with E-state index in [1.54, 1.807) is 0 Å². The van der Waals surface area contributed by atoms with Gasteiger partial charge in [0.15, 0.2) is 0 Å². The van der Waals surface area contributed by atoms with Crippen molar-refractivity contribution in [1.82, 2.24) is 0 Å². The summed E-state index contributed by atoms with van der Waals surface area (Å²) < 4.78 is 12.2. The SMILES string of the molecule is OCCCOc1cc(-c2ccc3ccccc3c2)c(OCCO)cc1-c1ccc2ccccc2c1. The molecule has 0 radical (unpaired) electrons. The Morgan fingerprint density at radius 1 is 0.486 bits per heavy atom. The molecular weight excluding hydrogens is 436 g/mol. The van der Waals surface area contributed by atoms with Gasteiger partial charge < -0.3 is 19.7 Å². The van der Waals surface area contributed by atoms with E-state index in [1.165, 1.54) is 10.8 Å². The third-order valence-corrected chi connectivity index (χ3v) is 6.11. The first kappa shape index (κ1) is 22.9. The molecule has 5 aromatic carbocycles. The predicted molar refractivity (Wildman–Crippen MR) is 142 cm³/mol. The van der Waals surface area contributed by atoms with Gasteiger partial charge in [-0.05, 0) is 56.9 Å². The summed E-state index contributed by atoms with van der Waals surface area (Å²) in [5, 5.41) is 23.4. The maximum absolute atomic E-state index is 9.46. The van der Waals surface area contributed by atoms with Crippen LogP contribution in [0.5, 0.6) is 11.5 Å². The molecule has 5 rings (SSSR count). The van der Waals surface area contributed by atoms with Crippen molar-refractivity contribution < 1.29 is 19.7 Å². The summed E-state index contributed by atoms with van der Waals surface area (Å²) in [6.45, 7) is 0.602. The van der Waals surface area contributed by atoms with Gasteiger partial charge in [-0.3, -0.25) is 0 Å². The highest BCUT2D eigenvalue weighted by Crippen LogP contribution is 2.42. The highest BCUT2D eigenvalue weighted by atomic mass is 16.5. The van der Waals surface area contributed by atoms with Gasteiger partial charge >= 0.3 is 0 Å². The van der Waals surface area contributed by atoms with Gasteiger partial charge in [0, 0.05) is 24.2 Å². The summed E-state index contributed by atoms with van der Waals surface area (Å²) in [6, 6.07) is 33.2. The van der Waals surface area contributed by atoms with Crippen molar-refractivity contribution in [3.05, 3.63) is 97.1 Å². The minimum absolute atomic E-state index is 0.0700. The molecule has 0 saturated carbocycles. The molecule has 0 unspecified atom stereocenters. The molecule has 0 fully saturated rings. The molecule has 0 aliphatic carbocycles. The van der Waals surface area contributed by atoms with Crippen LogP contribution < -0.4 is 9.47 Å². The Morgan fingerprint density at radius 2 is 0.971 bits per heavy atom. The Morgan fingerprint density at radius 3 is 1.46 bits per heavy atom. The summed E-state index contributed by atoms with van der Waals surface area (Å²) in [5.74, 6) is 1.42. The molecule has 5 aromatic rings. The van der Waals surface area contributed by atoms with Crippen LogP contribution in [-0.4, -0.2) is 36.6 Å². The van der Waals surface area contributed by atoms with Gasteiger partial charge in [0.25, 0.3) is 0 Å². The molecular formula is C31H28O4. The lowest BCUT2D eigenvalue weighted by molar-refractivity contribution is 0.201. The van der Waals surface area contributed by atoms with E-state index in [0.29, 0.717) is 18.8 Å². The van der Waals surface area contributed by atoms with E-state index in [2.05, 4.69) is 60.7 Å². The van der Waals surface area contributed by atoms with Crippen LogP contribution in [0.25, 0.3) is 43.8 Å². The predicted octanol–water partition coefficient (Wildman–Crippen LogP) is 6.46. The molecule has 176 valence electrons. The molecule has 0 atom stereocenters. The van der Waals surface area contributed by atoms with E-state index in [1.807, 2.05) is 36.4 Å². The Bertz CT molecular complexity index is 1460. The van der Waals surface area contributed by atoms with Crippen molar-refractivity contribution in [3.8, 4) is 33.8 Å². The Balaban J connectivity index is 1.67. The van der Waals surface area contributed by atoms with Gasteiger partial charge in [0.2, 0.25) is 0 Å². The first-order chi connectivity index (χ1) is 17.3. The molecule has 0 aliphatic heterocycles. The van der Waals surface area contributed by atoms with Crippen molar-refractivity contribution in [2.24, 2.45) is 0 Å². The van der Waals surface area contributed by atoms with Gasteiger partial charge in [0.05, 0.1) is 13.2 Å². The van der Waals surface area contributed by atoms with Gasteiger partial charge in [-0.25, -0.2) is 0 Å². The highest BCUT2D eigenvalue weighted by molar-refractivity contribution is 5.92. The highest BCUT2D eigenvalue weighted by Gasteiger charge is 2.16. The third kappa shape index (κ3) is 4.99. The lowest BCUT2D eigenvalue weighted by Crippen LogP contribution is -2.05. The van der Waals surface area contributed by atoms with Crippen molar-refractivity contribution in [2.75, 3.05) is 26.4 Å². The van der Waals surface area contributed by atoms with E-state index in [4.69, 9.17) is 9.47 Å². The normalized spacial score (nSPS) is 11.1. The first-order valence-corrected chi connectivity index (χ1v) is 11.9. The lowest BCUT2D eigenvalue weighted by atomic mass is 9.95. The quantitative estimate of drug-likeness (QED) is 0.246. The number of fused-ring (bicyclic) bond motifs is 2. The number of benzene rings is 5. The number of rotatable bonds is 9. The number of ether oxygens (including phenoxy) is 2. The summed E-state index contributed by atoms with van der Waals surface area (Å²) in [6.07, 6.45) is 0.547. The molecule has 4 nitrogen and oxygen atoms in total. The minimum Gasteiger partial charge on any atom is -0.493 e. The second-order valence-corrected chi connectivity index (χ2v) is 8.47. The molecule has 4 heteroatoms. The molecule has 35 heavy (non-hydrogen) atoms. The van der Waals surface area contributed by atoms with Crippen LogP contribution in [0.15, 0.2) is 97.1 Å². The van der Waals surface area contributed by atoms with E-state index in [9.17, 15) is 10.2 Å². The zero-order chi connectivity index (χ0) is 24.0. The van der Waals surface area contributed by atoms with E-state index in [0.717, 1.165) is 38.8 Å². The molecule has 0 heterocycles. The summed E-state index contributed by atoms with van der Waals surface area (Å²) >= 11 is 0. The third-order valence-electron chi connectivity index (χ3n) is 6.11. The van der Waals surface area contributed by atoms with Crippen LogP contribution in [0.3, 0.4) is 0 Å². The Labute approximate surface area is 205 Å². The van der Waals surface area contributed by atoms with Crippen molar-refractivity contribution in [3.63, 3.8) is 0 Å².